The van der Waals surface area contributed by atoms with Crippen LogP contribution in [0.5, 0.6) is 5.75 Å². The zero-order chi connectivity index (χ0) is 21.0. The molecule has 2 aliphatic rings. The van der Waals surface area contributed by atoms with Crippen LogP contribution in [0.3, 0.4) is 0 Å². The Bertz CT molecular complexity index is 771. The van der Waals surface area contributed by atoms with E-state index in [0.29, 0.717) is 53.3 Å². The molecule has 1 fully saturated rings. The molecule has 1 aromatic carbocycles. The predicted octanol–water partition coefficient (Wildman–Crippen LogP) is 6.43. The maximum absolute atomic E-state index is 13.2. The minimum atomic E-state index is -0.377. The van der Waals surface area contributed by atoms with Crippen LogP contribution >= 0.6 is 23.2 Å². The molecule has 0 aliphatic heterocycles. The molecule has 0 bridgehead atoms. The summed E-state index contributed by atoms with van der Waals surface area (Å²) in [4.78, 5) is 24.6. The second-order valence-electron chi connectivity index (χ2n) is 8.41. The number of benzene rings is 1. The molecule has 2 aliphatic carbocycles. The van der Waals surface area contributed by atoms with E-state index in [0.717, 1.165) is 37.7 Å². The van der Waals surface area contributed by atoms with Crippen molar-refractivity contribution in [2.75, 3.05) is 13.2 Å². The molecule has 160 valence electrons. The highest BCUT2D eigenvalue weighted by Crippen LogP contribution is 2.52. The van der Waals surface area contributed by atoms with Gasteiger partial charge in [-0.15, -0.1) is 0 Å². The fourth-order valence-corrected chi connectivity index (χ4v) is 5.26. The van der Waals surface area contributed by atoms with Crippen molar-refractivity contribution >= 4 is 35.0 Å². The lowest BCUT2D eigenvalue weighted by molar-refractivity contribution is -0.143. The van der Waals surface area contributed by atoms with Gasteiger partial charge in [0.25, 0.3) is 0 Å². The maximum Gasteiger partial charge on any atom is 0.305 e. The summed E-state index contributed by atoms with van der Waals surface area (Å²) in [5, 5.41) is 0.647. The number of carbonyl (C=O) groups is 2. The van der Waals surface area contributed by atoms with Crippen LogP contribution < -0.4 is 4.74 Å². The standard InChI is InChI=1S/C23H30Cl2O4/c1-3-28-18(26)11-5-4-8-12-29-17-13-15-14-23(2,16-9-6-7-10-16)22(27)19(15)21(25)20(17)24/h13,16H,3-12,14H2,1-2H3. The number of halogens is 2. The van der Waals surface area contributed by atoms with Crippen LogP contribution in [-0.2, 0) is 16.0 Å². The van der Waals surface area contributed by atoms with Crippen molar-refractivity contribution in [1.29, 1.82) is 0 Å². The fraction of sp³-hybridized carbons (Fsp3) is 0.652. The normalized spacial score (nSPS) is 21.4. The highest BCUT2D eigenvalue weighted by Gasteiger charge is 2.49. The van der Waals surface area contributed by atoms with Gasteiger partial charge in [-0.3, -0.25) is 9.59 Å². The molecule has 3 rings (SSSR count). The van der Waals surface area contributed by atoms with Crippen molar-refractivity contribution in [2.24, 2.45) is 11.3 Å². The van der Waals surface area contributed by atoms with E-state index in [1.54, 1.807) is 6.92 Å². The second kappa shape index (κ2) is 9.70. The van der Waals surface area contributed by atoms with Crippen LogP contribution in [0.1, 0.15) is 81.1 Å². The van der Waals surface area contributed by atoms with Crippen LogP contribution in [-0.4, -0.2) is 25.0 Å². The third-order valence-corrected chi connectivity index (χ3v) is 7.25. The van der Waals surface area contributed by atoms with Gasteiger partial charge < -0.3 is 9.47 Å². The Morgan fingerprint density at radius 3 is 2.59 bits per heavy atom. The van der Waals surface area contributed by atoms with Crippen molar-refractivity contribution in [3.05, 3.63) is 27.2 Å². The molecule has 4 nitrogen and oxygen atoms in total. The molecule has 0 radical (unpaired) electrons. The molecule has 0 amide bonds. The Hall–Kier alpha value is -1.26. The highest BCUT2D eigenvalue weighted by atomic mass is 35.5. The predicted molar refractivity (Wildman–Crippen MR) is 115 cm³/mol. The van der Waals surface area contributed by atoms with E-state index < -0.39 is 0 Å². The first-order chi connectivity index (χ1) is 13.9. The third-order valence-electron chi connectivity index (χ3n) is 6.40. The van der Waals surface area contributed by atoms with E-state index in [4.69, 9.17) is 32.7 Å². The highest BCUT2D eigenvalue weighted by molar-refractivity contribution is 6.45. The first kappa shape index (κ1) is 22.4. The van der Waals surface area contributed by atoms with Crippen LogP contribution in [0.25, 0.3) is 0 Å². The number of carbonyl (C=O) groups excluding carboxylic acids is 2. The van der Waals surface area contributed by atoms with Crippen molar-refractivity contribution < 1.29 is 19.1 Å². The molecule has 0 heterocycles. The quantitative estimate of drug-likeness (QED) is 0.327. The molecule has 1 atom stereocenters. The average molecular weight is 441 g/mol. The van der Waals surface area contributed by atoms with E-state index in [2.05, 4.69) is 6.92 Å². The third kappa shape index (κ3) is 4.74. The number of unbranched alkanes of at least 4 members (excludes halogenated alkanes) is 2. The monoisotopic (exact) mass is 440 g/mol. The van der Waals surface area contributed by atoms with Gasteiger partial charge in [0.05, 0.1) is 18.2 Å². The van der Waals surface area contributed by atoms with Crippen molar-refractivity contribution in [2.45, 2.75) is 71.6 Å². The number of hydrogen-bond acceptors (Lipinski definition) is 4. The summed E-state index contributed by atoms with van der Waals surface area (Å²) in [5.41, 5.74) is 1.17. The van der Waals surface area contributed by atoms with Gasteiger partial charge in [0.2, 0.25) is 0 Å². The lowest BCUT2D eigenvalue weighted by atomic mass is 9.73. The van der Waals surface area contributed by atoms with Crippen LogP contribution in [0.2, 0.25) is 10.0 Å². The number of esters is 1. The van der Waals surface area contributed by atoms with E-state index in [9.17, 15) is 9.59 Å². The van der Waals surface area contributed by atoms with Gasteiger partial charge in [-0.2, -0.15) is 0 Å². The summed E-state index contributed by atoms with van der Waals surface area (Å²) >= 11 is 13.0. The Labute approximate surface area is 183 Å². The van der Waals surface area contributed by atoms with Crippen LogP contribution in [0, 0.1) is 11.3 Å². The molecular weight excluding hydrogens is 411 g/mol. The minimum Gasteiger partial charge on any atom is -0.492 e. The number of ketones is 1. The Morgan fingerprint density at radius 2 is 1.90 bits per heavy atom. The van der Waals surface area contributed by atoms with Gasteiger partial charge in [-0.25, -0.2) is 0 Å². The largest absolute Gasteiger partial charge is 0.492 e. The Kier molecular flexibility index (Phi) is 7.50. The first-order valence-corrected chi connectivity index (χ1v) is 11.5. The van der Waals surface area contributed by atoms with Crippen molar-refractivity contribution in [3.8, 4) is 5.75 Å². The fourth-order valence-electron chi connectivity index (χ4n) is 4.76. The topological polar surface area (TPSA) is 52.6 Å². The molecule has 6 heteroatoms. The van der Waals surface area contributed by atoms with Gasteiger partial charge in [0.1, 0.15) is 10.8 Å². The summed E-state index contributed by atoms with van der Waals surface area (Å²) < 4.78 is 10.8. The molecule has 1 aromatic rings. The van der Waals surface area contributed by atoms with E-state index in [1.807, 2.05) is 6.07 Å². The van der Waals surface area contributed by atoms with Gasteiger partial charge in [-0.05, 0) is 63.0 Å². The van der Waals surface area contributed by atoms with E-state index in [-0.39, 0.29) is 17.2 Å². The zero-order valence-corrected chi connectivity index (χ0v) is 18.8. The lowest BCUT2D eigenvalue weighted by Gasteiger charge is -2.29. The summed E-state index contributed by atoms with van der Waals surface area (Å²) in [6.45, 7) is 4.80. The van der Waals surface area contributed by atoms with Crippen molar-refractivity contribution in [1.82, 2.24) is 0 Å². The number of Topliss-reactive ketones (excluding diaryl/α,β-unsaturated/α-hetero) is 1. The first-order valence-electron chi connectivity index (χ1n) is 10.7. The number of hydrogen-bond donors (Lipinski definition) is 0. The number of rotatable bonds is 9. The smallest absolute Gasteiger partial charge is 0.305 e. The molecule has 1 saturated carbocycles. The molecule has 0 N–H and O–H groups in total. The zero-order valence-electron chi connectivity index (χ0n) is 17.3. The average Bonchev–Trinajstić information content (AvgIpc) is 3.31. The molecule has 0 aromatic heterocycles. The van der Waals surface area contributed by atoms with Gasteiger partial charge in [0, 0.05) is 17.4 Å². The number of fused-ring (bicyclic) bond motifs is 1. The summed E-state index contributed by atoms with van der Waals surface area (Å²) in [7, 11) is 0. The molecule has 29 heavy (non-hydrogen) atoms. The van der Waals surface area contributed by atoms with Gasteiger partial charge in [0.15, 0.2) is 5.78 Å². The lowest BCUT2D eigenvalue weighted by Crippen LogP contribution is -2.32. The summed E-state index contributed by atoms with van der Waals surface area (Å²) in [5.74, 6) is 0.943. The van der Waals surface area contributed by atoms with Gasteiger partial charge in [-0.1, -0.05) is 43.0 Å². The Balaban J connectivity index is 1.60. The molecule has 0 saturated heterocycles. The Morgan fingerprint density at radius 1 is 1.17 bits per heavy atom. The number of ether oxygens (including phenoxy) is 2. The van der Waals surface area contributed by atoms with Crippen LogP contribution in [0.4, 0.5) is 0 Å². The van der Waals surface area contributed by atoms with Crippen LogP contribution in [0.15, 0.2) is 6.07 Å². The molecular formula is C23H30Cl2O4. The van der Waals surface area contributed by atoms with Gasteiger partial charge >= 0.3 is 5.97 Å². The van der Waals surface area contributed by atoms with Crippen molar-refractivity contribution in [3.63, 3.8) is 0 Å². The molecule has 1 unspecified atom stereocenters. The molecule has 0 spiro atoms. The SMILES string of the molecule is CCOC(=O)CCCCCOc1cc2c(c(Cl)c1Cl)C(=O)C(C)(C1CCCC1)C2. The summed E-state index contributed by atoms with van der Waals surface area (Å²) in [6, 6.07) is 1.90. The van der Waals surface area contributed by atoms with E-state index in [1.165, 1.54) is 12.8 Å². The van der Waals surface area contributed by atoms with E-state index >= 15 is 0 Å². The minimum absolute atomic E-state index is 0.136. The second-order valence-corrected chi connectivity index (χ2v) is 9.16. The maximum atomic E-state index is 13.2. The summed E-state index contributed by atoms with van der Waals surface area (Å²) in [6.07, 6.45) is 8.20.